The molecule has 0 N–H and O–H groups in total. The Bertz CT molecular complexity index is 622. The molecule has 2 aromatic carbocycles. The first-order valence-electron chi connectivity index (χ1n) is 6.51. The molecule has 0 atom stereocenters. The third kappa shape index (κ3) is 4.39. The Balaban J connectivity index is 1.92. The van der Waals surface area contributed by atoms with Crippen molar-refractivity contribution in [2.45, 2.75) is 25.2 Å². The molecule has 0 heterocycles. The molecule has 0 radical (unpaired) electrons. The summed E-state index contributed by atoms with van der Waals surface area (Å²) >= 11 is 7.73. The van der Waals surface area contributed by atoms with Gasteiger partial charge in [-0.3, -0.25) is 4.79 Å². The van der Waals surface area contributed by atoms with Crippen LogP contribution in [-0.4, -0.2) is 11.5 Å². The molecule has 0 bridgehead atoms. The molecule has 0 spiro atoms. The summed E-state index contributed by atoms with van der Waals surface area (Å²) in [5.74, 6) is 0.676. The van der Waals surface area contributed by atoms with E-state index in [4.69, 9.17) is 11.6 Å². The van der Waals surface area contributed by atoms with E-state index < -0.39 is 0 Å². The van der Waals surface area contributed by atoms with E-state index in [0.717, 1.165) is 16.0 Å². The lowest BCUT2D eigenvalue weighted by Crippen LogP contribution is -2.06. The van der Waals surface area contributed by atoms with Gasteiger partial charge in [-0.1, -0.05) is 41.4 Å². The van der Waals surface area contributed by atoms with E-state index in [0.29, 0.717) is 17.2 Å². The standard InChI is InChI=1S/C17H17ClOS/c1-12-4-3-5-16(8-12)20-11-15(19)10-14-7-6-13(2)9-17(14)18/h3-9H,10-11H2,1-2H3. The predicted octanol–water partition coefficient (Wildman–Crippen LogP) is 4.86. The maximum atomic E-state index is 12.0. The molecule has 0 saturated heterocycles. The highest BCUT2D eigenvalue weighted by Crippen LogP contribution is 2.22. The SMILES string of the molecule is Cc1cccc(SCC(=O)Cc2ccc(C)cc2Cl)c1. The van der Waals surface area contributed by atoms with Gasteiger partial charge in [-0.25, -0.2) is 0 Å². The van der Waals surface area contributed by atoms with E-state index in [-0.39, 0.29) is 5.78 Å². The van der Waals surface area contributed by atoms with Crippen molar-refractivity contribution in [1.82, 2.24) is 0 Å². The normalized spacial score (nSPS) is 10.6. The minimum atomic E-state index is 0.197. The molecule has 3 heteroatoms. The van der Waals surface area contributed by atoms with E-state index in [1.165, 1.54) is 5.56 Å². The maximum Gasteiger partial charge on any atom is 0.147 e. The zero-order chi connectivity index (χ0) is 14.5. The minimum Gasteiger partial charge on any atom is -0.298 e. The largest absolute Gasteiger partial charge is 0.298 e. The Morgan fingerprint density at radius 3 is 2.55 bits per heavy atom. The van der Waals surface area contributed by atoms with Crippen LogP contribution in [0.15, 0.2) is 47.4 Å². The zero-order valence-corrected chi connectivity index (χ0v) is 13.2. The number of Topliss-reactive ketones (excluding diaryl/α,β-unsaturated/α-hetero) is 1. The molecule has 0 amide bonds. The van der Waals surface area contributed by atoms with Crippen molar-refractivity contribution in [3.63, 3.8) is 0 Å². The number of aryl methyl sites for hydroxylation is 2. The number of hydrogen-bond donors (Lipinski definition) is 0. The molecule has 104 valence electrons. The Labute approximate surface area is 129 Å². The molecule has 0 saturated carbocycles. The lowest BCUT2D eigenvalue weighted by atomic mass is 10.1. The van der Waals surface area contributed by atoms with Crippen LogP contribution in [0.1, 0.15) is 16.7 Å². The van der Waals surface area contributed by atoms with Crippen molar-refractivity contribution >= 4 is 29.1 Å². The van der Waals surface area contributed by atoms with E-state index in [1.54, 1.807) is 11.8 Å². The number of halogens is 1. The van der Waals surface area contributed by atoms with Crippen LogP contribution in [0.5, 0.6) is 0 Å². The summed E-state index contributed by atoms with van der Waals surface area (Å²) in [6.45, 7) is 4.04. The van der Waals surface area contributed by atoms with E-state index in [9.17, 15) is 4.79 Å². The quantitative estimate of drug-likeness (QED) is 0.734. The highest BCUT2D eigenvalue weighted by Gasteiger charge is 2.08. The van der Waals surface area contributed by atoms with Crippen molar-refractivity contribution in [2.24, 2.45) is 0 Å². The number of ketones is 1. The van der Waals surface area contributed by atoms with Crippen molar-refractivity contribution < 1.29 is 4.79 Å². The van der Waals surface area contributed by atoms with Crippen molar-refractivity contribution in [1.29, 1.82) is 0 Å². The second-order valence-electron chi connectivity index (χ2n) is 4.92. The molecule has 1 nitrogen and oxygen atoms in total. The lowest BCUT2D eigenvalue weighted by molar-refractivity contribution is -0.116. The molecule has 2 rings (SSSR count). The van der Waals surface area contributed by atoms with Crippen LogP contribution in [0.3, 0.4) is 0 Å². The van der Waals surface area contributed by atoms with E-state index >= 15 is 0 Å². The monoisotopic (exact) mass is 304 g/mol. The number of hydrogen-bond acceptors (Lipinski definition) is 2. The van der Waals surface area contributed by atoms with Gasteiger partial charge in [-0.05, 0) is 43.2 Å². The van der Waals surface area contributed by atoms with Gasteiger partial charge in [0.2, 0.25) is 0 Å². The highest BCUT2D eigenvalue weighted by molar-refractivity contribution is 8.00. The lowest BCUT2D eigenvalue weighted by Gasteiger charge is -2.05. The third-order valence-corrected chi connectivity index (χ3v) is 4.39. The zero-order valence-electron chi connectivity index (χ0n) is 11.7. The van der Waals surface area contributed by atoms with Crippen molar-refractivity contribution in [2.75, 3.05) is 5.75 Å². The Hall–Kier alpha value is -1.25. The molecule has 0 aliphatic carbocycles. The van der Waals surface area contributed by atoms with Gasteiger partial charge in [0.25, 0.3) is 0 Å². The topological polar surface area (TPSA) is 17.1 Å². The van der Waals surface area contributed by atoms with Crippen LogP contribution < -0.4 is 0 Å². The summed E-state index contributed by atoms with van der Waals surface area (Å²) in [5.41, 5.74) is 3.23. The fraction of sp³-hybridized carbons (Fsp3) is 0.235. The van der Waals surface area contributed by atoms with Crippen LogP contribution in [0.4, 0.5) is 0 Å². The van der Waals surface area contributed by atoms with Crippen molar-refractivity contribution in [3.05, 3.63) is 64.2 Å². The second-order valence-corrected chi connectivity index (χ2v) is 6.37. The molecule has 0 unspecified atom stereocenters. The smallest absolute Gasteiger partial charge is 0.147 e. The number of carbonyl (C=O) groups excluding carboxylic acids is 1. The van der Waals surface area contributed by atoms with Crippen LogP contribution >= 0.6 is 23.4 Å². The Kier molecular flexibility index (Phi) is 5.27. The van der Waals surface area contributed by atoms with Gasteiger partial charge in [0.1, 0.15) is 5.78 Å². The van der Waals surface area contributed by atoms with Crippen LogP contribution in [-0.2, 0) is 11.2 Å². The summed E-state index contributed by atoms with van der Waals surface area (Å²) in [6.07, 6.45) is 0.401. The predicted molar refractivity (Wildman–Crippen MR) is 86.8 cm³/mol. The summed E-state index contributed by atoms with van der Waals surface area (Å²) < 4.78 is 0. The third-order valence-electron chi connectivity index (χ3n) is 2.99. The average Bonchev–Trinajstić information content (AvgIpc) is 2.40. The van der Waals surface area contributed by atoms with Gasteiger partial charge in [0, 0.05) is 16.3 Å². The van der Waals surface area contributed by atoms with Gasteiger partial charge in [0.15, 0.2) is 0 Å². The highest BCUT2D eigenvalue weighted by atomic mass is 35.5. The van der Waals surface area contributed by atoms with Crippen LogP contribution in [0.25, 0.3) is 0 Å². The molecule has 0 aliphatic rings. The number of benzene rings is 2. The molecule has 0 fully saturated rings. The fourth-order valence-electron chi connectivity index (χ4n) is 1.93. The fourth-order valence-corrected chi connectivity index (χ4v) is 3.10. The first-order valence-corrected chi connectivity index (χ1v) is 7.87. The molecule has 20 heavy (non-hydrogen) atoms. The average molecular weight is 305 g/mol. The first-order chi connectivity index (χ1) is 9.54. The molecular formula is C17H17ClOS. The Morgan fingerprint density at radius 1 is 1.10 bits per heavy atom. The van der Waals surface area contributed by atoms with Gasteiger partial charge in [0.05, 0.1) is 5.75 Å². The molecule has 2 aromatic rings. The number of thioether (sulfide) groups is 1. The first kappa shape index (κ1) is 15.1. The second kappa shape index (κ2) is 6.96. The van der Waals surface area contributed by atoms with E-state index in [2.05, 4.69) is 19.1 Å². The molecule has 0 aliphatic heterocycles. The van der Waals surface area contributed by atoms with Gasteiger partial charge >= 0.3 is 0 Å². The molecular weight excluding hydrogens is 288 g/mol. The summed E-state index contributed by atoms with van der Waals surface area (Å²) in [7, 11) is 0. The number of carbonyl (C=O) groups is 1. The van der Waals surface area contributed by atoms with Crippen molar-refractivity contribution in [3.8, 4) is 0 Å². The molecule has 0 aromatic heterocycles. The minimum absolute atomic E-state index is 0.197. The number of rotatable bonds is 5. The maximum absolute atomic E-state index is 12.0. The Morgan fingerprint density at radius 2 is 1.85 bits per heavy atom. The van der Waals surface area contributed by atoms with Gasteiger partial charge < -0.3 is 0 Å². The summed E-state index contributed by atoms with van der Waals surface area (Å²) in [5, 5.41) is 0.680. The van der Waals surface area contributed by atoms with Crippen LogP contribution in [0.2, 0.25) is 5.02 Å². The summed E-state index contributed by atoms with van der Waals surface area (Å²) in [4.78, 5) is 13.2. The van der Waals surface area contributed by atoms with E-state index in [1.807, 2.05) is 37.3 Å². The summed E-state index contributed by atoms with van der Waals surface area (Å²) in [6, 6.07) is 14.0. The van der Waals surface area contributed by atoms with Gasteiger partial charge in [-0.2, -0.15) is 0 Å². The van der Waals surface area contributed by atoms with Gasteiger partial charge in [-0.15, -0.1) is 11.8 Å². The van der Waals surface area contributed by atoms with Crippen LogP contribution in [0, 0.1) is 13.8 Å².